The van der Waals surface area contributed by atoms with Crippen LogP contribution in [-0.4, -0.2) is 22.1 Å². The van der Waals surface area contributed by atoms with Crippen molar-refractivity contribution in [1.29, 1.82) is 0 Å². The summed E-state index contributed by atoms with van der Waals surface area (Å²) in [6, 6.07) is 5.81. The lowest BCUT2D eigenvalue weighted by atomic mass is 10.3. The van der Waals surface area contributed by atoms with Gasteiger partial charge >= 0.3 is 0 Å². The molecule has 0 saturated carbocycles. The lowest BCUT2D eigenvalue weighted by Crippen LogP contribution is -2.06. The van der Waals surface area contributed by atoms with Crippen LogP contribution in [0.4, 0.5) is 5.82 Å². The molecular formula is C12H14N4O. The summed E-state index contributed by atoms with van der Waals surface area (Å²) in [7, 11) is 1.60. The van der Waals surface area contributed by atoms with Gasteiger partial charge in [0, 0.05) is 6.20 Å². The molecule has 88 valence electrons. The molecule has 2 aromatic heterocycles. The molecule has 0 atom stereocenters. The van der Waals surface area contributed by atoms with Gasteiger partial charge in [-0.1, -0.05) is 6.07 Å². The molecule has 0 aliphatic heterocycles. The SMILES string of the molecule is COc1ncnc(NCc2ccccn2)c1C. The zero-order valence-corrected chi connectivity index (χ0v) is 9.84. The van der Waals surface area contributed by atoms with Crippen molar-refractivity contribution in [1.82, 2.24) is 15.0 Å². The molecule has 0 unspecified atom stereocenters. The topological polar surface area (TPSA) is 59.9 Å². The van der Waals surface area contributed by atoms with E-state index in [1.54, 1.807) is 13.3 Å². The number of nitrogens with zero attached hydrogens (tertiary/aromatic N) is 3. The Hall–Kier alpha value is -2.17. The fourth-order valence-electron chi connectivity index (χ4n) is 1.49. The van der Waals surface area contributed by atoms with Gasteiger partial charge in [0.25, 0.3) is 0 Å². The van der Waals surface area contributed by atoms with Crippen LogP contribution < -0.4 is 10.1 Å². The van der Waals surface area contributed by atoms with Crippen LogP contribution in [0.25, 0.3) is 0 Å². The van der Waals surface area contributed by atoms with Gasteiger partial charge in [-0.25, -0.2) is 9.97 Å². The first-order valence-electron chi connectivity index (χ1n) is 5.30. The Bertz CT molecular complexity index is 487. The van der Waals surface area contributed by atoms with Crippen molar-refractivity contribution in [3.63, 3.8) is 0 Å². The average Bonchev–Trinajstić information content (AvgIpc) is 2.39. The normalized spacial score (nSPS) is 10.0. The van der Waals surface area contributed by atoms with Gasteiger partial charge in [-0.2, -0.15) is 0 Å². The van der Waals surface area contributed by atoms with Gasteiger partial charge in [0.05, 0.1) is 24.9 Å². The van der Waals surface area contributed by atoms with Crippen LogP contribution in [0.3, 0.4) is 0 Å². The maximum atomic E-state index is 5.13. The van der Waals surface area contributed by atoms with Gasteiger partial charge in [-0.05, 0) is 19.1 Å². The van der Waals surface area contributed by atoms with Crippen LogP contribution in [0.2, 0.25) is 0 Å². The monoisotopic (exact) mass is 230 g/mol. The summed E-state index contributed by atoms with van der Waals surface area (Å²) in [5.74, 6) is 1.35. The van der Waals surface area contributed by atoms with Crippen molar-refractivity contribution in [3.8, 4) is 5.88 Å². The summed E-state index contributed by atoms with van der Waals surface area (Å²) < 4.78 is 5.13. The second kappa shape index (κ2) is 5.25. The van der Waals surface area contributed by atoms with Crippen LogP contribution in [0, 0.1) is 6.92 Å². The van der Waals surface area contributed by atoms with Crippen molar-refractivity contribution in [3.05, 3.63) is 42.0 Å². The second-order valence-electron chi connectivity index (χ2n) is 3.53. The molecule has 0 spiro atoms. The van der Waals surface area contributed by atoms with Crippen LogP contribution in [-0.2, 0) is 6.54 Å². The maximum absolute atomic E-state index is 5.13. The van der Waals surface area contributed by atoms with Gasteiger partial charge in [0.15, 0.2) is 0 Å². The smallest absolute Gasteiger partial charge is 0.221 e. The molecule has 0 fully saturated rings. The Kier molecular flexibility index (Phi) is 3.49. The lowest BCUT2D eigenvalue weighted by molar-refractivity contribution is 0.393. The van der Waals surface area contributed by atoms with Crippen molar-refractivity contribution < 1.29 is 4.74 Å². The summed E-state index contributed by atoms with van der Waals surface area (Å²) in [6.45, 7) is 2.54. The Morgan fingerprint density at radius 2 is 2.12 bits per heavy atom. The minimum absolute atomic E-state index is 0.587. The number of rotatable bonds is 4. The quantitative estimate of drug-likeness (QED) is 0.867. The molecule has 0 aliphatic rings. The van der Waals surface area contributed by atoms with Crippen molar-refractivity contribution >= 4 is 5.82 Å². The van der Waals surface area contributed by atoms with Crippen molar-refractivity contribution in [2.24, 2.45) is 0 Å². The number of methoxy groups -OCH3 is 1. The minimum Gasteiger partial charge on any atom is -0.481 e. The fourth-order valence-corrected chi connectivity index (χ4v) is 1.49. The first kappa shape index (κ1) is 11.3. The average molecular weight is 230 g/mol. The minimum atomic E-state index is 0.587. The van der Waals surface area contributed by atoms with E-state index in [9.17, 15) is 0 Å². The highest BCUT2D eigenvalue weighted by atomic mass is 16.5. The predicted molar refractivity (Wildman–Crippen MR) is 64.9 cm³/mol. The Morgan fingerprint density at radius 1 is 1.24 bits per heavy atom. The van der Waals surface area contributed by atoms with Crippen molar-refractivity contribution in [2.45, 2.75) is 13.5 Å². The number of hydrogen-bond donors (Lipinski definition) is 1. The third-order valence-electron chi connectivity index (χ3n) is 2.39. The van der Waals surface area contributed by atoms with E-state index < -0.39 is 0 Å². The standard InChI is InChI=1S/C12H14N4O/c1-9-11(15-8-16-12(9)17-2)14-7-10-5-3-4-6-13-10/h3-6,8H,7H2,1-2H3,(H,14,15,16). The van der Waals surface area contributed by atoms with Gasteiger partial charge in [0.1, 0.15) is 12.1 Å². The third kappa shape index (κ3) is 2.69. The van der Waals surface area contributed by atoms with E-state index >= 15 is 0 Å². The first-order chi connectivity index (χ1) is 8.31. The van der Waals surface area contributed by atoms with E-state index in [4.69, 9.17) is 4.74 Å². The van der Waals surface area contributed by atoms with Crippen LogP contribution in [0.15, 0.2) is 30.7 Å². The molecule has 2 rings (SSSR count). The van der Waals surface area contributed by atoms with Crippen LogP contribution in [0.1, 0.15) is 11.3 Å². The van der Waals surface area contributed by atoms with E-state index in [0.29, 0.717) is 12.4 Å². The molecule has 0 bridgehead atoms. The molecule has 0 amide bonds. The number of hydrogen-bond acceptors (Lipinski definition) is 5. The number of pyridine rings is 1. The molecule has 0 aromatic carbocycles. The number of nitrogens with one attached hydrogen (secondary N) is 1. The van der Waals surface area contributed by atoms with E-state index in [2.05, 4.69) is 20.3 Å². The molecule has 5 nitrogen and oxygen atoms in total. The van der Waals surface area contributed by atoms with Crippen LogP contribution in [0.5, 0.6) is 5.88 Å². The zero-order chi connectivity index (χ0) is 12.1. The molecule has 2 heterocycles. The van der Waals surface area contributed by atoms with Crippen molar-refractivity contribution in [2.75, 3.05) is 12.4 Å². The third-order valence-corrected chi connectivity index (χ3v) is 2.39. The molecule has 0 radical (unpaired) electrons. The molecular weight excluding hydrogens is 216 g/mol. The van der Waals surface area contributed by atoms with E-state index in [1.165, 1.54) is 6.33 Å². The molecule has 17 heavy (non-hydrogen) atoms. The molecule has 0 aliphatic carbocycles. The van der Waals surface area contributed by atoms with E-state index in [0.717, 1.165) is 17.1 Å². The maximum Gasteiger partial charge on any atom is 0.221 e. The van der Waals surface area contributed by atoms with E-state index in [-0.39, 0.29) is 0 Å². The number of anilines is 1. The summed E-state index contributed by atoms with van der Waals surface area (Å²) in [5.41, 5.74) is 1.86. The number of aromatic nitrogens is 3. The summed E-state index contributed by atoms with van der Waals surface area (Å²) in [6.07, 6.45) is 3.25. The summed E-state index contributed by atoms with van der Waals surface area (Å²) in [4.78, 5) is 12.4. The van der Waals surface area contributed by atoms with Crippen LogP contribution >= 0.6 is 0 Å². The summed E-state index contributed by atoms with van der Waals surface area (Å²) >= 11 is 0. The summed E-state index contributed by atoms with van der Waals surface area (Å²) in [5, 5.41) is 3.21. The van der Waals surface area contributed by atoms with Gasteiger partial charge in [-0.3, -0.25) is 4.98 Å². The highest BCUT2D eigenvalue weighted by Gasteiger charge is 2.06. The fraction of sp³-hybridized carbons (Fsp3) is 0.250. The van der Waals surface area contributed by atoms with E-state index in [1.807, 2.05) is 25.1 Å². The predicted octanol–water partition coefficient (Wildman–Crippen LogP) is 1.80. The van der Waals surface area contributed by atoms with Gasteiger partial charge < -0.3 is 10.1 Å². The molecule has 0 saturated heterocycles. The number of ether oxygens (including phenoxy) is 1. The first-order valence-corrected chi connectivity index (χ1v) is 5.30. The Labute approximate surface area is 99.9 Å². The Morgan fingerprint density at radius 3 is 2.82 bits per heavy atom. The lowest BCUT2D eigenvalue weighted by Gasteiger charge is -2.09. The molecule has 1 N–H and O–H groups in total. The van der Waals surface area contributed by atoms with Gasteiger partial charge in [-0.15, -0.1) is 0 Å². The molecule has 5 heteroatoms. The highest BCUT2D eigenvalue weighted by Crippen LogP contribution is 2.19. The Balaban J connectivity index is 2.09. The second-order valence-corrected chi connectivity index (χ2v) is 3.53. The molecule has 2 aromatic rings. The zero-order valence-electron chi connectivity index (χ0n) is 9.84. The highest BCUT2D eigenvalue weighted by molar-refractivity contribution is 5.47. The largest absolute Gasteiger partial charge is 0.481 e. The van der Waals surface area contributed by atoms with Gasteiger partial charge in [0.2, 0.25) is 5.88 Å².